The van der Waals surface area contributed by atoms with Gasteiger partial charge < -0.3 is 15.6 Å². The molecule has 3 N–H and O–H groups in total. The number of aliphatic hydroxyl groups excluding tert-OH is 1. The minimum atomic E-state index is -0.394. The van der Waals surface area contributed by atoms with Crippen LogP contribution in [0.2, 0.25) is 0 Å². The van der Waals surface area contributed by atoms with Gasteiger partial charge in [-0.1, -0.05) is 6.92 Å². The van der Waals surface area contributed by atoms with E-state index in [1.807, 2.05) is 0 Å². The van der Waals surface area contributed by atoms with Crippen molar-refractivity contribution in [2.75, 3.05) is 32.8 Å². The molecule has 1 aliphatic heterocycles. The normalized spacial score (nSPS) is 28.6. The van der Waals surface area contributed by atoms with Gasteiger partial charge in [0.2, 0.25) is 0 Å². The van der Waals surface area contributed by atoms with Crippen molar-refractivity contribution in [1.82, 2.24) is 4.90 Å². The molecule has 0 amide bonds. The molecule has 4 nitrogen and oxygen atoms in total. The summed E-state index contributed by atoms with van der Waals surface area (Å²) < 4.78 is 5.66. The molecule has 0 spiro atoms. The molecule has 2 atom stereocenters. The second kappa shape index (κ2) is 5.65. The molecule has 2 fully saturated rings. The SMILES string of the molecule is CCN(CC1CCCO1)CC(N)(CO)C1CC1. The molecule has 2 rings (SSSR count). The topological polar surface area (TPSA) is 58.7 Å². The van der Waals surface area contributed by atoms with Crippen LogP contribution in [0.15, 0.2) is 0 Å². The van der Waals surface area contributed by atoms with E-state index in [1.165, 1.54) is 19.3 Å². The molecule has 0 bridgehead atoms. The Hall–Kier alpha value is -0.160. The van der Waals surface area contributed by atoms with Crippen LogP contribution >= 0.6 is 0 Å². The van der Waals surface area contributed by atoms with Crippen molar-refractivity contribution in [1.29, 1.82) is 0 Å². The number of aliphatic hydroxyl groups is 1. The van der Waals surface area contributed by atoms with Gasteiger partial charge in [0.05, 0.1) is 18.2 Å². The molecule has 0 aromatic rings. The van der Waals surface area contributed by atoms with Gasteiger partial charge in [0.1, 0.15) is 0 Å². The van der Waals surface area contributed by atoms with Gasteiger partial charge in [0.15, 0.2) is 0 Å². The minimum Gasteiger partial charge on any atom is -0.394 e. The van der Waals surface area contributed by atoms with Crippen LogP contribution in [0, 0.1) is 5.92 Å². The fourth-order valence-corrected chi connectivity index (χ4v) is 2.76. The molecule has 0 aromatic carbocycles. The van der Waals surface area contributed by atoms with E-state index in [1.54, 1.807) is 0 Å². The largest absolute Gasteiger partial charge is 0.394 e. The summed E-state index contributed by atoms with van der Waals surface area (Å²) >= 11 is 0. The summed E-state index contributed by atoms with van der Waals surface area (Å²) in [6, 6.07) is 0. The summed E-state index contributed by atoms with van der Waals surface area (Å²) in [5.41, 5.74) is 5.93. The first-order chi connectivity index (χ1) is 8.18. The number of nitrogens with zero attached hydrogens (tertiary/aromatic N) is 1. The van der Waals surface area contributed by atoms with Gasteiger partial charge in [-0.15, -0.1) is 0 Å². The van der Waals surface area contributed by atoms with E-state index < -0.39 is 5.54 Å². The van der Waals surface area contributed by atoms with Gasteiger partial charge in [-0.05, 0) is 38.1 Å². The number of hydrogen-bond acceptors (Lipinski definition) is 4. The first-order valence-electron chi connectivity index (χ1n) is 6.91. The van der Waals surface area contributed by atoms with Crippen molar-refractivity contribution in [3.05, 3.63) is 0 Å². The Morgan fingerprint density at radius 1 is 1.41 bits per heavy atom. The number of likely N-dealkylation sites (N-methyl/N-ethyl adjacent to an activating group) is 1. The average Bonchev–Trinajstić information content (AvgIpc) is 3.08. The van der Waals surface area contributed by atoms with E-state index in [2.05, 4.69) is 11.8 Å². The highest BCUT2D eigenvalue weighted by Gasteiger charge is 2.42. The lowest BCUT2D eigenvalue weighted by atomic mass is 9.94. The maximum atomic E-state index is 9.52. The third-order valence-corrected chi connectivity index (χ3v) is 4.14. The number of hydrogen-bond donors (Lipinski definition) is 2. The fraction of sp³-hybridized carbons (Fsp3) is 1.00. The lowest BCUT2D eigenvalue weighted by Gasteiger charge is -2.34. The molecule has 1 aliphatic carbocycles. The average molecular weight is 242 g/mol. The number of nitrogens with two attached hydrogens (primary N) is 1. The highest BCUT2D eigenvalue weighted by molar-refractivity contribution is 5.00. The smallest absolute Gasteiger partial charge is 0.0702 e. The van der Waals surface area contributed by atoms with E-state index in [9.17, 15) is 5.11 Å². The minimum absolute atomic E-state index is 0.0969. The van der Waals surface area contributed by atoms with Gasteiger partial charge in [0.25, 0.3) is 0 Å². The first kappa shape index (κ1) is 13.3. The molecule has 1 saturated carbocycles. The van der Waals surface area contributed by atoms with Crippen molar-refractivity contribution in [2.24, 2.45) is 11.7 Å². The van der Waals surface area contributed by atoms with Gasteiger partial charge in [0, 0.05) is 19.7 Å². The standard InChI is InChI=1S/C13H26N2O2/c1-2-15(8-12-4-3-7-17-12)9-13(14,10-16)11-5-6-11/h11-12,16H,2-10,14H2,1H3. The van der Waals surface area contributed by atoms with Crippen molar-refractivity contribution in [3.8, 4) is 0 Å². The molecule has 0 aromatic heterocycles. The van der Waals surface area contributed by atoms with Crippen LogP contribution in [0.25, 0.3) is 0 Å². The van der Waals surface area contributed by atoms with Crippen LogP contribution < -0.4 is 5.73 Å². The molecule has 2 aliphatic rings. The molecular formula is C13H26N2O2. The van der Waals surface area contributed by atoms with E-state index in [0.717, 1.165) is 32.7 Å². The monoisotopic (exact) mass is 242 g/mol. The van der Waals surface area contributed by atoms with Crippen LogP contribution in [0.3, 0.4) is 0 Å². The Morgan fingerprint density at radius 3 is 2.65 bits per heavy atom. The van der Waals surface area contributed by atoms with Gasteiger partial charge >= 0.3 is 0 Å². The van der Waals surface area contributed by atoms with Gasteiger partial charge in [-0.2, -0.15) is 0 Å². The first-order valence-corrected chi connectivity index (χ1v) is 6.91. The van der Waals surface area contributed by atoms with Crippen molar-refractivity contribution in [2.45, 2.75) is 44.2 Å². The summed E-state index contributed by atoms with van der Waals surface area (Å²) in [4.78, 5) is 2.34. The molecule has 4 heteroatoms. The maximum Gasteiger partial charge on any atom is 0.0702 e. The summed E-state index contributed by atoms with van der Waals surface area (Å²) in [6.45, 7) is 5.89. The molecule has 2 unspecified atom stereocenters. The third-order valence-electron chi connectivity index (χ3n) is 4.14. The zero-order valence-corrected chi connectivity index (χ0v) is 10.9. The second-order valence-corrected chi connectivity index (χ2v) is 5.63. The predicted molar refractivity (Wildman–Crippen MR) is 67.8 cm³/mol. The fourth-order valence-electron chi connectivity index (χ4n) is 2.76. The van der Waals surface area contributed by atoms with E-state index in [4.69, 9.17) is 10.5 Å². The van der Waals surface area contributed by atoms with Crippen LogP contribution in [-0.4, -0.2) is 54.5 Å². The molecule has 1 saturated heterocycles. The third kappa shape index (κ3) is 3.41. The Bertz CT molecular complexity index is 240. The number of rotatable bonds is 7. The van der Waals surface area contributed by atoms with Crippen LogP contribution in [0.5, 0.6) is 0 Å². The lowest BCUT2D eigenvalue weighted by Crippen LogP contribution is -2.55. The molecule has 1 heterocycles. The summed E-state index contributed by atoms with van der Waals surface area (Å²) in [5, 5.41) is 9.52. The zero-order valence-electron chi connectivity index (χ0n) is 10.9. The van der Waals surface area contributed by atoms with Crippen LogP contribution in [-0.2, 0) is 4.74 Å². The van der Waals surface area contributed by atoms with E-state index in [0.29, 0.717) is 12.0 Å². The zero-order chi connectivity index (χ0) is 12.3. The van der Waals surface area contributed by atoms with Crippen LogP contribution in [0.4, 0.5) is 0 Å². The molecule has 100 valence electrons. The maximum absolute atomic E-state index is 9.52. The summed E-state index contributed by atoms with van der Waals surface area (Å²) in [5.74, 6) is 0.519. The second-order valence-electron chi connectivity index (χ2n) is 5.63. The van der Waals surface area contributed by atoms with Crippen molar-refractivity contribution < 1.29 is 9.84 Å². The highest BCUT2D eigenvalue weighted by Crippen LogP contribution is 2.38. The Kier molecular flexibility index (Phi) is 4.42. The van der Waals surface area contributed by atoms with Gasteiger partial charge in [-0.25, -0.2) is 0 Å². The molecule has 0 radical (unpaired) electrons. The Morgan fingerprint density at radius 2 is 2.18 bits per heavy atom. The van der Waals surface area contributed by atoms with E-state index in [-0.39, 0.29) is 6.61 Å². The number of ether oxygens (including phenoxy) is 1. The quantitative estimate of drug-likeness (QED) is 0.686. The molecule has 17 heavy (non-hydrogen) atoms. The Balaban J connectivity index is 1.84. The van der Waals surface area contributed by atoms with Gasteiger partial charge in [-0.3, -0.25) is 4.90 Å². The lowest BCUT2D eigenvalue weighted by molar-refractivity contribution is 0.0549. The van der Waals surface area contributed by atoms with Crippen molar-refractivity contribution in [3.63, 3.8) is 0 Å². The van der Waals surface area contributed by atoms with Crippen molar-refractivity contribution >= 4 is 0 Å². The molecular weight excluding hydrogens is 216 g/mol. The predicted octanol–water partition coefficient (Wildman–Crippen LogP) is 0.587. The van der Waals surface area contributed by atoms with Crippen LogP contribution in [0.1, 0.15) is 32.6 Å². The summed E-state index contributed by atoms with van der Waals surface area (Å²) in [7, 11) is 0. The van der Waals surface area contributed by atoms with E-state index >= 15 is 0 Å². The summed E-state index contributed by atoms with van der Waals surface area (Å²) in [6.07, 6.45) is 5.07. The highest BCUT2D eigenvalue weighted by atomic mass is 16.5. The Labute approximate surface area is 104 Å².